The molecule has 0 aromatic rings. The maximum atomic E-state index is 12.1. The van der Waals surface area contributed by atoms with Gasteiger partial charge in [0.2, 0.25) is 0 Å². The highest BCUT2D eigenvalue weighted by Crippen LogP contribution is 2.51. The summed E-state index contributed by atoms with van der Waals surface area (Å²) in [5.41, 5.74) is 0. The van der Waals surface area contributed by atoms with E-state index in [-0.39, 0.29) is 0 Å². The molecule has 7 heteroatoms. The predicted octanol–water partition coefficient (Wildman–Crippen LogP) is 4.04. The number of hydrogen-bond donors (Lipinski definition) is 0. The molecule has 0 saturated heterocycles. The zero-order valence-corrected chi connectivity index (χ0v) is 12.1. The molecule has 5 nitrogen and oxygen atoms in total. The summed E-state index contributed by atoms with van der Waals surface area (Å²) in [5, 5.41) is 11.7. The number of hydrogen-bond acceptors (Lipinski definition) is 6. The van der Waals surface area contributed by atoms with Crippen LogP contribution in [0.3, 0.4) is 0 Å². The number of thioether (sulfide) groups is 1. The van der Waals surface area contributed by atoms with Crippen molar-refractivity contribution < 1.29 is 18.1 Å². The van der Waals surface area contributed by atoms with Gasteiger partial charge in [0.05, 0.1) is 13.2 Å². The fourth-order valence-electron chi connectivity index (χ4n) is 0.803. The number of allylic oxidation sites excluding steroid dienone is 1. The van der Waals surface area contributed by atoms with Crippen LogP contribution in [0, 0.1) is 10.7 Å². The maximum absolute atomic E-state index is 12.1. The minimum atomic E-state index is -3.54. The summed E-state index contributed by atoms with van der Waals surface area (Å²) in [6.07, 6.45) is 1.44. The lowest BCUT2D eigenvalue weighted by molar-refractivity contribution is 0.136. The van der Waals surface area contributed by atoms with Crippen molar-refractivity contribution in [2.24, 2.45) is 0 Å². The quantitative estimate of drug-likeness (QED) is 0.360. The van der Waals surface area contributed by atoms with Crippen LogP contribution in [0.25, 0.3) is 0 Å². The Balaban J connectivity index is 4.46. The van der Waals surface area contributed by atoms with E-state index in [9.17, 15) is 4.57 Å². The van der Waals surface area contributed by atoms with E-state index in [1.54, 1.807) is 6.92 Å². The highest BCUT2D eigenvalue weighted by Gasteiger charge is 2.27. The Hall–Kier alpha value is -0.470. The minimum absolute atomic E-state index is 0.305. The van der Waals surface area contributed by atoms with E-state index in [4.69, 9.17) is 18.8 Å². The molecule has 0 fully saturated rings. The second-order valence-corrected chi connectivity index (χ2v) is 5.39. The van der Waals surface area contributed by atoms with Gasteiger partial charge < -0.3 is 4.52 Å². The van der Waals surface area contributed by atoms with Gasteiger partial charge >= 0.3 is 7.82 Å². The van der Waals surface area contributed by atoms with Crippen molar-refractivity contribution >= 4 is 19.6 Å². The van der Waals surface area contributed by atoms with E-state index in [2.05, 4.69) is 0 Å². The first-order valence-electron chi connectivity index (χ1n) is 5.38. The van der Waals surface area contributed by atoms with E-state index >= 15 is 0 Å². The Morgan fingerprint density at radius 3 is 2.29 bits per heavy atom. The molecule has 0 spiro atoms. The molecule has 0 radical (unpaired) electrons. The highest BCUT2D eigenvalue weighted by atomic mass is 32.2. The summed E-state index contributed by atoms with van der Waals surface area (Å²) in [6, 6.07) is 0. The van der Waals surface area contributed by atoms with E-state index in [1.807, 2.05) is 19.2 Å². The number of nitrogens with zero attached hydrogens (tertiary/aromatic N) is 1. The smallest absolute Gasteiger partial charge is 0.408 e. The van der Waals surface area contributed by atoms with Gasteiger partial charge in [0.1, 0.15) is 11.2 Å². The van der Waals surface area contributed by atoms with Gasteiger partial charge in [-0.2, -0.15) is 5.26 Å². The molecule has 0 aliphatic carbocycles. The summed E-state index contributed by atoms with van der Waals surface area (Å²) < 4.78 is 27.5. The van der Waals surface area contributed by atoms with Crippen LogP contribution in [0.1, 0.15) is 33.6 Å². The molecule has 0 bridgehead atoms. The number of rotatable bonds is 9. The summed E-state index contributed by atoms with van der Waals surface area (Å²) in [6.45, 7) is 6.01. The van der Waals surface area contributed by atoms with E-state index in [0.717, 1.165) is 24.6 Å². The molecule has 0 rings (SSSR count). The first-order valence-corrected chi connectivity index (χ1v) is 7.72. The van der Waals surface area contributed by atoms with Crippen LogP contribution in [0.4, 0.5) is 0 Å². The molecule has 0 amide bonds. The van der Waals surface area contributed by atoms with Crippen molar-refractivity contribution in [3.05, 3.63) is 11.2 Å². The Labute approximate surface area is 107 Å². The summed E-state index contributed by atoms with van der Waals surface area (Å²) >= 11 is 0.891. The first-order chi connectivity index (χ1) is 8.08. The summed E-state index contributed by atoms with van der Waals surface area (Å²) in [4.78, 5) is 0. The average molecular weight is 279 g/mol. The third kappa shape index (κ3) is 8.28. The lowest BCUT2D eigenvalue weighted by Crippen LogP contribution is -2.01. The molecule has 0 heterocycles. The second kappa shape index (κ2) is 9.55. The number of nitriles is 1. The normalized spacial score (nSPS) is 12.2. The van der Waals surface area contributed by atoms with Crippen molar-refractivity contribution in [2.45, 2.75) is 33.6 Å². The number of thiocyanates is 1. The largest absolute Gasteiger partial charge is 0.529 e. The van der Waals surface area contributed by atoms with Crippen LogP contribution in [-0.2, 0) is 18.1 Å². The molecule has 0 aliphatic rings. The van der Waals surface area contributed by atoms with Crippen molar-refractivity contribution in [3.8, 4) is 5.40 Å². The second-order valence-electron chi connectivity index (χ2n) is 3.14. The fourth-order valence-corrected chi connectivity index (χ4v) is 2.54. The molecule has 0 atom stereocenters. The third-order valence-corrected chi connectivity index (χ3v) is 3.50. The van der Waals surface area contributed by atoms with Gasteiger partial charge in [0, 0.05) is 5.41 Å². The summed E-state index contributed by atoms with van der Waals surface area (Å²) in [5.74, 6) is 0.340. The van der Waals surface area contributed by atoms with Crippen LogP contribution in [-0.4, -0.2) is 13.2 Å². The van der Waals surface area contributed by atoms with Crippen molar-refractivity contribution in [1.82, 2.24) is 0 Å². The Bertz CT molecular complexity index is 315. The molecule has 0 aromatic carbocycles. The van der Waals surface area contributed by atoms with Gasteiger partial charge in [0.25, 0.3) is 0 Å². The zero-order valence-electron chi connectivity index (χ0n) is 10.3. The van der Waals surface area contributed by atoms with Gasteiger partial charge in [0.15, 0.2) is 0 Å². The van der Waals surface area contributed by atoms with E-state index in [1.165, 1.54) is 5.41 Å². The Kier molecular flexibility index (Phi) is 9.28. The van der Waals surface area contributed by atoms with Crippen LogP contribution in [0.5, 0.6) is 0 Å². The molecule has 98 valence electrons. The van der Waals surface area contributed by atoms with Crippen LogP contribution < -0.4 is 0 Å². The molecule has 0 aliphatic heterocycles. The Morgan fingerprint density at radius 2 is 1.88 bits per heavy atom. The lowest BCUT2D eigenvalue weighted by Gasteiger charge is -2.18. The van der Waals surface area contributed by atoms with Gasteiger partial charge in [-0.25, -0.2) is 4.57 Å². The van der Waals surface area contributed by atoms with Gasteiger partial charge in [-0.05, 0) is 31.5 Å². The van der Waals surface area contributed by atoms with E-state index < -0.39 is 7.82 Å². The molecule has 17 heavy (non-hydrogen) atoms. The molecular formula is C10H18NO4PS. The molecule has 0 saturated carbocycles. The lowest BCUT2D eigenvalue weighted by atomic mass is 10.5. The van der Waals surface area contributed by atoms with E-state index in [0.29, 0.717) is 19.0 Å². The minimum Gasteiger partial charge on any atom is -0.408 e. The average Bonchev–Trinajstić information content (AvgIpc) is 2.31. The van der Waals surface area contributed by atoms with Crippen LogP contribution >= 0.6 is 19.6 Å². The molecular weight excluding hydrogens is 261 g/mol. The van der Waals surface area contributed by atoms with Gasteiger partial charge in [-0.15, -0.1) is 0 Å². The standard InChI is InChI=1S/C10H18NO4PS/c1-4-6-13-16(12,14-7-5-2)15-10(3)8-17-9-11/h8H,4-7H2,1-3H3/b10-8+. The van der Waals surface area contributed by atoms with Gasteiger partial charge in [-0.3, -0.25) is 9.05 Å². The maximum Gasteiger partial charge on any atom is 0.529 e. The van der Waals surface area contributed by atoms with Crippen LogP contribution in [0.2, 0.25) is 0 Å². The van der Waals surface area contributed by atoms with Crippen molar-refractivity contribution in [3.63, 3.8) is 0 Å². The fraction of sp³-hybridized carbons (Fsp3) is 0.700. The predicted molar refractivity (Wildman–Crippen MR) is 68.1 cm³/mol. The monoisotopic (exact) mass is 279 g/mol. The Morgan fingerprint density at radius 1 is 1.35 bits per heavy atom. The SMILES string of the molecule is CCCOP(=O)(OCCC)O/C(C)=C/SC#N. The highest BCUT2D eigenvalue weighted by molar-refractivity contribution is 8.06. The van der Waals surface area contributed by atoms with Gasteiger partial charge in [-0.1, -0.05) is 13.8 Å². The summed E-state index contributed by atoms with van der Waals surface area (Å²) in [7, 11) is -3.54. The first kappa shape index (κ1) is 16.5. The molecule has 0 N–H and O–H groups in total. The number of phosphoric acid groups is 1. The zero-order chi connectivity index (χ0) is 13.1. The molecule has 0 aromatic heterocycles. The van der Waals surface area contributed by atoms with Crippen molar-refractivity contribution in [1.29, 1.82) is 5.26 Å². The third-order valence-electron chi connectivity index (χ3n) is 1.44. The van der Waals surface area contributed by atoms with Crippen LogP contribution in [0.15, 0.2) is 11.2 Å². The number of phosphoric ester groups is 1. The van der Waals surface area contributed by atoms with Crippen molar-refractivity contribution in [2.75, 3.05) is 13.2 Å². The topological polar surface area (TPSA) is 68.6 Å². The molecule has 0 unspecified atom stereocenters.